The second-order valence-corrected chi connectivity index (χ2v) is 5.06. The Morgan fingerprint density at radius 1 is 1.60 bits per heavy atom. The Labute approximate surface area is 93.3 Å². The van der Waals surface area contributed by atoms with Crippen LogP contribution in [0.25, 0.3) is 0 Å². The molecule has 0 fully saturated rings. The lowest BCUT2D eigenvalue weighted by atomic mass is 9.72. The first-order chi connectivity index (χ1) is 7.00. The summed E-state index contributed by atoms with van der Waals surface area (Å²) >= 11 is 0. The first-order valence-corrected chi connectivity index (χ1v) is 5.88. The molecule has 0 N–H and O–H groups in total. The van der Waals surface area contributed by atoms with Gasteiger partial charge in [0.1, 0.15) is 0 Å². The predicted molar refractivity (Wildman–Crippen MR) is 64.7 cm³/mol. The van der Waals surface area contributed by atoms with Crippen LogP contribution in [0, 0.1) is 11.3 Å². The highest BCUT2D eigenvalue weighted by Gasteiger charge is 2.29. The van der Waals surface area contributed by atoms with E-state index in [1.165, 1.54) is 5.57 Å². The van der Waals surface area contributed by atoms with E-state index in [0.717, 1.165) is 19.3 Å². The van der Waals surface area contributed by atoms with Gasteiger partial charge in [-0.05, 0) is 37.7 Å². The second-order valence-electron chi connectivity index (χ2n) is 5.06. The molecule has 0 aromatic heterocycles. The molecule has 0 amide bonds. The predicted octanol–water partition coefficient (Wildman–Crippen LogP) is 3.90. The maximum absolute atomic E-state index is 11.9. The van der Waals surface area contributed by atoms with Crippen LogP contribution in [0.4, 0.5) is 0 Å². The maximum Gasteiger partial charge on any atom is 0.162 e. The van der Waals surface area contributed by atoms with Crippen LogP contribution in [0.1, 0.15) is 47.0 Å². The monoisotopic (exact) mass is 206 g/mol. The number of hydrogen-bond acceptors (Lipinski definition) is 1. The lowest BCUT2D eigenvalue weighted by Gasteiger charge is -2.32. The minimum atomic E-state index is 0.152. The lowest BCUT2D eigenvalue weighted by Crippen LogP contribution is -2.24. The van der Waals surface area contributed by atoms with Crippen LogP contribution in [-0.2, 0) is 4.79 Å². The van der Waals surface area contributed by atoms with Gasteiger partial charge < -0.3 is 0 Å². The Hall–Kier alpha value is -0.850. The summed E-state index contributed by atoms with van der Waals surface area (Å²) in [6, 6.07) is 0. The maximum atomic E-state index is 11.9. The summed E-state index contributed by atoms with van der Waals surface area (Å²) in [7, 11) is 0. The fraction of sp³-hybridized carbons (Fsp3) is 0.643. The molecule has 0 heterocycles. The Morgan fingerprint density at radius 2 is 2.27 bits per heavy atom. The number of carbonyl (C=O) groups is 1. The molecule has 1 atom stereocenters. The minimum absolute atomic E-state index is 0.152. The highest BCUT2D eigenvalue weighted by molar-refractivity contribution is 5.93. The first-order valence-electron chi connectivity index (χ1n) is 5.88. The molecule has 1 heteroatoms. The van der Waals surface area contributed by atoms with Crippen molar-refractivity contribution in [2.24, 2.45) is 11.3 Å². The smallest absolute Gasteiger partial charge is 0.162 e. The number of hydrogen-bond donors (Lipinski definition) is 0. The summed E-state index contributed by atoms with van der Waals surface area (Å²) in [4.78, 5) is 11.9. The van der Waals surface area contributed by atoms with E-state index in [0.29, 0.717) is 0 Å². The van der Waals surface area contributed by atoms with Crippen molar-refractivity contribution in [1.29, 1.82) is 0 Å². The van der Waals surface area contributed by atoms with Crippen LogP contribution in [0.3, 0.4) is 0 Å². The summed E-state index contributed by atoms with van der Waals surface area (Å²) in [6.07, 6.45) is 8.99. The Bertz CT molecular complexity index is 294. The topological polar surface area (TPSA) is 17.1 Å². The molecule has 0 aliphatic heterocycles. The second kappa shape index (κ2) is 4.78. The summed E-state index contributed by atoms with van der Waals surface area (Å²) in [5.41, 5.74) is 1.60. The summed E-state index contributed by atoms with van der Waals surface area (Å²) in [5.74, 6) is 0.431. The molecule has 1 rings (SSSR count). The van der Waals surface area contributed by atoms with E-state index in [1.54, 1.807) is 6.08 Å². The fourth-order valence-corrected chi connectivity index (χ4v) is 2.33. The molecular formula is C14H22O. The molecule has 1 nitrogen and oxygen atoms in total. The third-order valence-electron chi connectivity index (χ3n) is 3.18. The van der Waals surface area contributed by atoms with E-state index < -0.39 is 0 Å². The van der Waals surface area contributed by atoms with Crippen LogP contribution in [-0.4, -0.2) is 5.78 Å². The van der Waals surface area contributed by atoms with Crippen molar-refractivity contribution < 1.29 is 4.79 Å². The third-order valence-corrected chi connectivity index (χ3v) is 3.18. The summed E-state index contributed by atoms with van der Waals surface area (Å²) < 4.78 is 0. The standard InChI is InChI=1S/C14H22O/c1-5-7-13(15)12-8-9-14(3,4)10-11(12)6-2/h5,7,10,12H,6,8-9H2,1-4H3/b7-5+. The van der Waals surface area contributed by atoms with Gasteiger partial charge in [0.2, 0.25) is 0 Å². The van der Waals surface area contributed by atoms with Gasteiger partial charge in [-0.25, -0.2) is 0 Å². The lowest BCUT2D eigenvalue weighted by molar-refractivity contribution is -0.117. The normalized spacial score (nSPS) is 25.3. The highest BCUT2D eigenvalue weighted by Crippen LogP contribution is 2.38. The zero-order valence-corrected chi connectivity index (χ0v) is 10.3. The largest absolute Gasteiger partial charge is 0.294 e. The van der Waals surface area contributed by atoms with Gasteiger partial charge >= 0.3 is 0 Å². The summed E-state index contributed by atoms with van der Waals surface area (Å²) in [6.45, 7) is 8.54. The fourth-order valence-electron chi connectivity index (χ4n) is 2.33. The van der Waals surface area contributed by atoms with Crippen molar-refractivity contribution in [3.63, 3.8) is 0 Å². The Kier molecular flexibility index (Phi) is 3.90. The zero-order valence-electron chi connectivity index (χ0n) is 10.3. The molecule has 15 heavy (non-hydrogen) atoms. The van der Waals surface area contributed by atoms with E-state index in [9.17, 15) is 4.79 Å². The van der Waals surface area contributed by atoms with E-state index in [1.807, 2.05) is 13.0 Å². The number of allylic oxidation sites excluding steroid dienone is 4. The van der Waals surface area contributed by atoms with Crippen LogP contribution >= 0.6 is 0 Å². The average molecular weight is 206 g/mol. The van der Waals surface area contributed by atoms with Crippen molar-refractivity contribution in [2.45, 2.75) is 47.0 Å². The molecule has 1 unspecified atom stereocenters. The van der Waals surface area contributed by atoms with Gasteiger partial charge in [0.05, 0.1) is 0 Å². The van der Waals surface area contributed by atoms with Crippen LogP contribution in [0.5, 0.6) is 0 Å². The van der Waals surface area contributed by atoms with E-state index in [4.69, 9.17) is 0 Å². The van der Waals surface area contributed by atoms with Gasteiger partial charge in [-0.15, -0.1) is 0 Å². The highest BCUT2D eigenvalue weighted by atomic mass is 16.1. The van der Waals surface area contributed by atoms with Crippen LogP contribution in [0.15, 0.2) is 23.8 Å². The van der Waals surface area contributed by atoms with Gasteiger partial charge in [-0.3, -0.25) is 4.79 Å². The average Bonchev–Trinajstić information content (AvgIpc) is 2.16. The van der Waals surface area contributed by atoms with Gasteiger partial charge in [-0.2, -0.15) is 0 Å². The van der Waals surface area contributed by atoms with Gasteiger partial charge in [0, 0.05) is 5.92 Å². The Morgan fingerprint density at radius 3 is 2.80 bits per heavy atom. The van der Waals surface area contributed by atoms with Crippen molar-refractivity contribution in [3.05, 3.63) is 23.8 Å². The minimum Gasteiger partial charge on any atom is -0.294 e. The third kappa shape index (κ3) is 3.05. The molecule has 0 radical (unpaired) electrons. The molecule has 0 bridgehead atoms. The van der Waals surface area contributed by atoms with E-state index >= 15 is 0 Å². The molecule has 0 saturated heterocycles. The molecule has 1 aliphatic carbocycles. The molecular weight excluding hydrogens is 184 g/mol. The number of carbonyl (C=O) groups excluding carboxylic acids is 1. The van der Waals surface area contributed by atoms with Gasteiger partial charge in [0.15, 0.2) is 5.78 Å². The zero-order chi connectivity index (χ0) is 11.5. The van der Waals surface area contributed by atoms with Crippen molar-refractivity contribution in [1.82, 2.24) is 0 Å². The quantitative estimate of drug-likeness (QED) is 0.505. The molecule has 0 aromatic rings. The number of ketones is 1. The molecule has 84 valence electrons. The van der Waals surface area contributed by atoms with Crippen molar-refractivity contribution in [2.75, 3.05) is 0 Å². The molecule has 0 saturated carbocycles. The van der Waals surface area contributed by atoms with E-state index in [2.05, 4.69) is 26.8 Å². The molecule has 1 aliphatic rings. The van der Waals surface area contributed by atoms with Crippen LogP contribution in [0.2, 0.25) is 0 Å². The molecule has 0 aromatic carbocycles. The Balaban J connectivity index is 2.89. The molecule has 0 spiro atoms. The number of rotatable bonds is 3. The van der Waals surface area contributed by atoms with Gasteiger partial charge in [0.25, 0.3) is 0 Å². The van der Waals surface area contributed by atoms with Crippen molar-refractivity contribution in [3.8, 4) is 0 Å². The van der Waals surface area contributed by atoms with Crippen LogP contribution < -0.4 is 0 Å². The SMILES string of the molecule is C/C=C/C(=O)C1CCC(C)(C)C=C1CC. The van der Waals surface area contributed by atoms with E-state index in [-0.39, 0.29) is 17.1 Å². The van der Waals surface area contributed by atoms with Gasteiger partial charge in [-0.1, -0.05) is 38.5 Å². The first kappa shape index (κ1) is 12.2. The summed E-state index contributed by atoms with van der Waals surface area (Å²) in [5, 5.41) is 0. The van der Waals surface area contributed by atoms with Crippen molar-refractivity contribution >= 4 is 5.78 Å².